The predicted molar refractivity (Wildman–Crippen MR) is 47.9 cm³/mol. The van der Waals surface area contributed by atoms with Crippen LogP contribution in [0, 0.1) is 0 Å². The highest BCUT2D eigenvalue weighted by atomic mass is 32.2. The molecule has 1 N–H and O–H groups in total. The molecule has 0 radical (unpaired) electrons. The first kappa shape index (κ1) is 12.8. The zero-order valence-corrected chi connectivity index (χ0v) is 8.55. The van der Waals surface area contributed by atoms with Crippen LogP contribution < -0.4 is 0 Å². The maximum atomic E-state index is 10.5. The van der Waals surface area contributed by atoms with Gasteiger partial charge in [-0.15, -0.1) is 0 Å². The highest BCUT2D eigenvalue weighted by Gasteiger charge is 1.99. The fourth-order valence-corrected chi connectivity index (χ4v) is 1.10. The van der Waals surface area contributed by atoms with Crippen molar-refractivity contribution >= 4 is 10.1 Å². The summed E-state index contributed by atoms with van der Waals surface area (Å²) in [7, 11) is -3.30. The van der Waals surface area contributed by atoms with Crippen molar-refractivity contribution in [3.05, 3.63) is 0 Å². The molecule has 6 heteroatoms. The van der Waals surface area contributed by atoms with E-state index < -0.39 is 10.1 Å². The molecule has 0 aliphatic rings. The quantitative estimate of drug-likeness (QED) is 0.444. The van der Waals surface area contributed by atoms with Gasteiger partial charge in [0.05, 0.1) is 26.1 Å². The molecule has 80 valence electrons. The summed E-state index contributed by atoms with van der Waals surface area (Å²) in [6, 6.07) is 0. The molecular formula is C7H16O5S. The van der Waals surface area contributed by atoms with E-state index in [2.05, 4.69) is 4.18 Å². The Hall–Kier alpha value is -0.170. The predicted octanol–water partition coefficient (Wildman–Crippen LogP) is -0.248. The number of rotatable bonds is 8. The Morgan fingerprint density at radius 2 is 1.77 bits per heavy atom. The van der Waals surface area contributed by atoms with E-state index >= 15 is 0 Å². The Morgan fingerprint density at radius 1 is 1.15 bits per heavy atom. The van der Waals surface area contributed by atoms with Crippen molar-refractivity contribution in [2.45, 2.75) is 12.8 Å². The molecule has 0 unspecified atom stereocenters. The lowest BCUT2D eigenvalue weighted by atomic mass is 10.3. The molecule has 0 aromatic heterocycles. The molecule has 0 saturated carbocycles. The Labute approximate surface area is 78.8 Å². The molecule has 5 nitrogen and oxygen atoms in total. The smallest absolute Gasteiger partial charge is 0.264 e. The zero-order valence-electron chi connectivity index (χ0n) is 7.73. The van der Waals surface area contributed by atoms with Crippen molar-refractivity contribution in [2.24, 2.45) is 0 Å². The second-order valence-electron chi connectivity index (χ2n) is 2.57. The summed E-state index contributed by atoms with van der Waals surface area (Å²) in [5.74, 6) is 0. The van der Waals surface area contributed by atoms with E-state index in [0.717, 1.165) is 12.7 Å². The van der Waals surface area contributed by atoms with Crippen LogP contribution in [0.25, 0.3) is 0 Å². The van der Waals surface area contributed by atoms with Gasteiger partial charge in [-0.05, 0) is 12.8 Å². The van der Waals surface area contributed by atoms with Crippen molar-refractivity contribution in [3.8, 4) is 0 Å². The number of hydrogen-bond donors (Lipinski definition) is 1. The van der Waals surface area contributed by atoms with Crippen molar-refractivity contribution in [2.75, 3.05) is 32.7 Å². The second kappa shape index (κ2) is 7.25. The molecule has 13 heavy (non-hydrogen) atoms. The van der Waals surface area contributed by atoms with E-state index in [9.17, 15) is 8.42 Å². The number of unbranched alkanes of at least 4 members (excludes halogenated alkanes) is 1. The molecule has 0 aliphatic carbocycles. The van der Waals surface area contributed by atoms with Gasteiger partial charge in [0, 0.05) is 6.61 Å². The first-order chi connectivity index (χ1) is 6.06. The van der Waals surface area contributed by atoms with Gasteiger partial charge in [-0.3, -0.25) is 4.18 Å². The van der Waals surface area contributed by atoms with E-state index in [0.29, 0.717) is 19.6 Å². The van der Waals surface area contributed by atoms with E-state index in [4.69, 9.17) is 9.84 Å². The lowest BCUT2D eigenvalue weighted by molar-refractivity contribution is 0.0879. The van der Waals surface area contributed by atoms with E-state index in [1.165, 1.54) is 0 Å². The first-order valence-electron chi connectivity index (χ1n) is 4.09. The van der Waals surface area contributed by atoms with Crippen LogP contribution in [-0.2, 0) is 19.0 Å². The van der Waals surface area contributed by atoms with Gasteiger partial charge in [-0.25, -0.2) is 0 Å². The van der Waals surface area contributed by atoms with Crippen LogP contribution in [0.4, 0.5) is 0 Å². The molecular weight excluding hydrogens is 196 g/mol. The van der Waals surface area contributed by atoms with Crippen LogP contribution in [-0.4, -0.2) is 46.2 Å². The van der Waals surface area contributed by atoms with Gasteiger partial charge in [0.15, 0.2) is 0 Å². The molecule has 0 saturated heterocycles. The van der Waals surface area contributed by atoms with Crippen molar-refractivity contribution in [1.82, 2.24) is 0 Å². The molecule has 0 rings (SSSR count). The summed E-state index contributed by atoms with van der Waals surface area (Å²) in [6.45, 7) is 1.06. The number of aliphatic hydroxyl groups is 1. The van der Waals surface area contributed by atoms with Crippen molar-refractivity contribution in [3.63, 3.8) is 0 Å². The van der Waals surface area contributed by atoms with E-state index in [1.807, 2.05) is 0 Å². The minimum absolute atomic E-state index is 0.0137. The SMILES string of the molecule is CS(=O)(=O)OCCCCOCCO. The number of hydrogen-bond acceptors (Lipinski definition) is 5. The van der Waals surface area contributed by atoms with Crippen molar-refractivity contribution < 1.29 is 22.4 Å². The third kappa shape index (κ3) is 11.8. The summed E-state index contributed by atoms with van der Waals surface area (Å²) >= 11 is 0. The van der Waals surface area contributed by atoms with Crippen LogP contribution in [0.2, 0.25) is 0 Å². The third-order valence-corrected chi connectivity index (χ3v) is 1.81. The molecule has 0 heterocycles. The fourth-order valence-electron chi connectivity index (χ4n) is 0.683. The van der Waals surface area contributed by atoms with Crippen molar-refractivity contribution in [1.29, 1.82) is 0 Å². The summed E-state index contributed by atoms with van der Waals surface area (Å²) in [6.07, 6.45) is 2.39. The third-order valence-electron chi connectivity index (χ3n) is 1.22. The van der Waals surface area contributed by atoms with Crippen LogP contribution in [0.3, 0.4) is 0 Å². The lowest BCUT2D eigenvalue weighted by Crippen LogP contribution is -2.06. The highest BCUT2D eigenvalue weighted by Crippen LogP contribution is 1.94. The lowest BCUT2D eigenvalue weighted by Gasteiger charge is -2.02. The average molecular weight is 212 g/mol. The Balaban J connectivity index is 3.09. The van der Waals surface area contributed by atoms with Crippen LogP contribution in [0.5, 0.6) is 0 Å². The molecule has 0 aliphatic heterocycles. The largest absolute Gasteiger partial charge is 0.394 e. The Bertz CT molecular complexity index is 199. The average Bonchev–Trinajstić information content (AvgIpc) is 2.01. The van der Waals surface area contributed by atoms with E-state index in [1.54, 1.807) is 0 Å². The molecule has 0 spiro atoms. The summed E-state index contributed by atoms with van der Waals surface area (Å²) in [5, 5.41) is 8.35. The number of aliphatic hydroxyl groups excluding tert-OH is 1. The molecule has 0 amide bonds. The van der Waals surface area contributed by atoms with Crippen LogP contribution >= 0.6 is 0 Å². The fraction of sp³-hybridized carbons (Fsp3) is 1.00. The van der Waals surface area contributed by atoms with Crippen LogP contribution in [0.1, 0.15) is 12.8 Å². The second-order valence-corrected chi connectivity index (χ2v) is 4.21. The molecule has 0 atom stereocenters. The Kier molecular flexibility index (Phi) is 7.16. The topological polar surface area (TPSA) is 72.8 Å². The normalized spacial score (nSPS) is 11.8. The van der Waals surface area contributed by atoms with Gasteiger partial charge in [-0.1, -0.05) is 0 Å². The van der Waals surface area contributed by atoms with Gasteiger partial charge < -0.3 is 9.84 Å². The maximum absolute atomic E-state index is 10.5. The van der Waals surface area contributed by atoms with Gasteiger partial charge in [0.25, 0.3) is 10.1 Å². The first-order valence-corrected chi connectivity index (χ1v) is 5.91. The van der Waals surface area contributed by atoms with E-state index in [-0.39, 0.29) is 13.2 Å². The molecule has 0 bridgehead atoms. The molecule has 0 aromatic carbocycles. The zero-order chi connectivity index (χ0) is 10.2. The summed E-state index contributed by atoms with van der Waals surface area (Å²) < 4.78 is 30.4. The highest BCUT2D eigenvalue weighted by molar-refractivity contribution is 7.85. The monoisotopic (exact) mass is 212 g/mol. The number of ether oxygens (including phenoxy) is 1. The summed E-state index contributed by atoms with van der Waals surface area (Å²) in [5.41, 5.74) is 0. The minimum Gasteiger partial charge on any atom is -0.394 e. The molecule has 0 fully saturated rings. The minimum atomic E-state index is -3.30. The van der Waals surface area contributed by atoms with Gasteiger partial charge in [0.1, 0.15) is 0 Å². The van der Waals surface area contributed by atoms with Gasteiger partial charge >= 0.3 is 0 Å². The Morgan fingerprint density at radius 3 is 2.31 bits per heavy atom. The molecule has 0 aromatic rings. The van der Waals surface area contributed by atoms with Gasteiger partial charge in [0.2, 0.25) is 0 Å². The van der Waals surface area contributed by atoms with Crippen LogP contribution in [0.15, 0.2) is 0 Å². The standard InChI is InChI=1S/C7H16O5S/c1-13(9,10)12-6-3-2-5-11-7-4-8/h8H,2-7H2,1H3. The summed E-state index contributed by atoms with van der Waals surface area (Å²) in [4.78, 5) is 0. The van der Waals surface area contributed by atoms with Gasteiger partial charge in [-0.2, -0.15) is 8.42 Å². The maximum Gasteiger partial charge on any atom is 0.264 e.